The summed E-state index contributed by atoms with van der Waals surface area (Å²) in [6, 6.07) is 11.8. The first kappa shape index (κ1) is 16.2. The number of rotatable bonds is 7. The summed E-state index contributed by atoms with van der Waals surface area (Å²) in [6.07, 6.45) is 1.32. The zero-order valence-corrected chi connectivity index (χ0v) is 14.1. The highest BCUT2D eigenvalue weighted by Gasteiger charge is 2.06. The van der Waals surface area contributed by atoms with Crippen molar-refractivity contribution in [2.75, 3.05) is 19.0 Å². The summed E-state index contributed by atoms with van der Waals surface area (Å²) in [7, 11) is 1.65. The van der Waals surface area contributed by atoms with Crippen molar-refractivity contribution < 1.29 is 4.74 Å². The number of aromatic amines is 1. The summed E-state index contributed by atoms with van der Waals surface area (Å²) in [6.45, 7) is 0.654. The topological polar surface area (TPSA) is 79.9 Å². The number of hydrogen-bond acceptors (Lipinski definition) is 6. The molecule has 0 aliphatic heterocycles. The van der Waals surface area contributed by atoms with E-state index in [1.807, 2.05) is 41.8 Å². The van der Waals surface area contributed by atoms with Crippen molar-refractivity contribution in [3.63, 3.8) is 0 Å². The number of nitrogens with one attached hydrogen (secondary N) is 2. The summed E-state index contributed by atoms with van der Waals surface area (Å²) in [5.74, 6) is 1.23. The monoisotopic (exact) mass is 342 g/mol. The summed E-state index contributed by atoms with van der Waals surface area (Å²) >= 11 is 1.60. The van der Waals surface area contributed by atoms with Gasteiger partial charge >= 0.3 is 0 Å². The fourth-order valence-corrected chi connectivity index (χ4v) is 2.96. The molecule has 1 aromatic carbocycles. The molecule has 0 atom stereocenters. The van der Waals surface area contributed by atoms with Crippen LogP contribution in [0.15, 0.2) is 46.6 Å². The Bertz CT molecular complexity index is 829. The minimum Gasteiger partial charge on any atom is -0.497 e. The third-order valence-corrected chi connectivity index (χ3v) is 4.43. The number of hydrogen-bond donors (Lipinski definition) is 2. The predicted molar refractivity (Wildman–Crippen MR) is 95.0 cm³/mol. The highest BCUT2D eigenvalue weighted by Crippen LogP contribution is 2.12. The molecule has 0 radical (unpaired) electrons. The largest absolute Gasteiger partial charge is 0.497 e. The van der Waals surface area contributed by atoms with E-state index in [1.54, 1.807) is 18.4 Å². The van der Waals surface area contributed by atoms with Gasteiger partial charge in [0.2, 0.25) is 5.95 Å². The van der Waals surface area contributed by atoms with E-state index in [4.69, 9.17) is 4.74 Å². The second kappa shape index (κ2) is 7.74. The van der Waals surface area contributed by atoms with Gasteiger partial charge in [0.1, 0.15) is 11.4 Å². The fraction of sp³-hybridized carbons (Fsp3) is 0.235. The van der Waals surface area contributed by atoms with Gasteiger partial charge in [-0.1, -0.05) is 18.2 Å². The maximum Gasteiger partial charge on any atom is 0.274 e. The van der Waals surface area contributed by atoms with Gasteiger partial charge in [-0.3, -0.25) is 9.78 Å². The van der Waals surface area contributed by atoms with Crippen molar-refractivity contribution in [1.29, 1.82) is 0 Å². The van der Waals surface area contributed by atoms with Crippen LogP contribution in [0.5, 0.6) is 5.75 Å². The van der Waals surface area contributed by atoms with E-state index in [0.29, 0.717) is 24.6 Å². The molecule has 124 valence electrons. The molecule has 0 aliphatic carbocycles. The van der Waals surface area contributed by atoms with Crippen LogP contribution in [0.1, 0.15) is 16.1 Å². The third-order valence-electron chi connectivity index (χ3n) is 3.55. The summed E-state index contributed by atoms with van der Waals surface area (Å²) < 4.78 is 5.13. The van der Waals surface area contributed by atoms with Gasteiger partial charge < -0.3 is 10.1 Å². The molecular formula is C17H18N4O2S. The Morgan fingerprint density at radius 2 is 2.04 bits per heavy atom. The number of thiophene rings is 1. The van der Waals surface area contributed by atoms with Crippen LogP contribution in [-0.4, -0.2) is 28.8 Å². The van der Waals surface area contributed by atoms with Crippen molar-refractivity contribution >= 4 is 17.3 Å². The molecule has 24 heavy (non-hydrogen) atoms. The van der Waals surface area contributed by atoms with Crippen LogP contribution < -0.4 is 15.6 Å². The summed E-state index contributed by atoms with van der Waals surface area (Å²) in [5.41, 5.74) is 1.40. The molecule has 3 aromatic rings. The molecule has 7 heteroatoms. The SMILES string of the molecule is COc1ccc(CCNc2nnc(Cc3cccs3)c(=O)[nH]2)cc1. The van der Waals surface area contributed by atoms with Gasteiger partial charge in [-0.2, -0.15) is 0 Å². The van der Waals surface area contributed by atoms with Gasteiger partial charge in [-0.05, 0) is 35.6 Å². The summed E-state index contributed by atoms with van der Waals surface area (Å²) in [4.78, 5) is 15.9. The number of nitrogens with zero attached hydrogens (tertiary/aromatic N) is 2. The number of methoxy groups -OCH3 is 1. The first-order valence-corrected chi connectivity index (χ1v) is 8.47. The second-order valence-electron chi connectivity index (χ2n) is 5.23. The van der Waals surface area contributed by atoms with Crippen molar-refractivity contribution in [1.82, 2.24) is 15.2 Å². The number of H-pyrrole nitrogens is 1. The first-order chi connectivity index (χ1) is 11.7. The summed E-state index contributed by atoms with van der Waals surface area (Å²) in [5, 5.41) is 13.2. The van der Waals surface area contributed by atoms with Crippen molar-refractivity contribution in [2.45, 2.75) is 12.8 Å². The van der Waals surface area contributed by atoms with Crippen LogP contribution in [0.25, 0.3) is 0 Å². The molecule has 0 saturated heterocycles. The Balaban J connectivity index is 1.55. The van der Waals surface area contributed by atoms with E-state index >= 15 is 0 Å². The quantitative estimate of drug-likeness (QED) is 0.689. The van der Waals surface area contributed by atoms with E-state index in [9.17, 15) is 4.79 Å². The van der Waals surface area contributed by atoms with Gasteiger partial charge in [-0.15, -0.1) is 21.5 Å². The van der Waals surface area contributed by atoms with Gasteiger partial charge in [0.05, 0.1) is 7.11 Å². The van der Waals surface area contributed by atoms with Crippen LogP contribution >= 0.6 is 11.3 Å². The Labute approximate surface area is 143 Å². The Hall–Kier alpha value is -2.67. The number of anilines is 1. The maximum absolute atomic E-state index is 12.1. The zero-order valence-electron chi connectivity index (χ0n) is 13.3. The molecule has 0 spiro atoms. The Morgan fingerprint density at radius 3 is 2.71 bits per heavy atom. The van der Waals surface area contributed by atoms with Crippen LogP contribution in [0.2, 0.25) is 0 Å². The van der Waals surface area contributed by atoms with Crippen molar-refractivity contribution in [2.24, 2.45) is 0 Å². The third kappa shape index (κ3) is 4.20. The van der Waals surface area contributed by atoms with Crippen LogP contribution in [0.3, 0.4) is 0 Å². The highest BCUT2D eigenvalue weighted by atomic mass is 32.1. The lowest BCUT2D eigenvalue weighted by Crippen LogP contribution is -2.20. The second-order valence-corrected chi connectivity index (χ2v) is 6.26. The van der Waals surface area contributed by atoms with E-state index < -0.39 is 0 Å². The fourth-order valence-electron chi connectivity index (χ4n) is 2.25. The molecule has 3 rings (SSSR count). The lowest BCUT2D eigenvalue weighted by atomic mass is 10.1. The Kier molecular flexibility index (Phi) is 5.22. The smallest absolute Gasteiger partial charge is 0.274 e. The molecule has 0 amide bonds. The number of aromatic nitrogens is 3. The van der Waals surface area contributed by atoms with Crippen LogP contribution in [0, 0.1) is 0 Å². The standard InChI is InChI=1S/C17H18N4O2S/c1-23-13-6-4-12(5-7-13)8-9-18-17-19-16(22)15(20-21-17)11-14-3-2-10-24-14/h2-7,10H,8-9,11H2,1H3,(H2,18,19,21,22). The van der Waals surface area contributed by atoms with E-state index in [1.165, 1.54) is 5.56 Å². The Morgan fingerprint density at radius 1 is 1.21 bits per heavy atom. The molecule has 0 aliphatic rings. The van der Waals surface area contributed by atoms with E-state index in [-0.39, 0.29) is 5.56 Å². The minimum atomic E-state index is -0.203. The number of ether oxygens (including phenoxy) is 1. The normalized spacial score (nSPS) is 10.5. The van der Waals surface area contributed by atoms with E-state index in [0.717, 1.165) is 17.0 Å². The lowest BCUT2D eigenvalue weighted by molar-refractivity contribution is 0.414. The molecule has 2 N–H and O–H groups in total. The van der Waals surface area contributed by atoms with Crippen LogP contribution in [-0.2, 0) is 12.8 Å². The van der Waals surface area contributed by atoms with Gasteiger partial charge in [-0.25, -0.2) is 0 Å². The molecule has 0 unspecified atom stereocenters. The van der Waals surface area contributed by atoms with Gasteiger partial charge in [0.25, 0.3) is 5.56 Å². The molecular weight excluding hydrogens is 324 g/mol. The van der Waals surface area contributed by atoms with Crippen molar-refractivity contribution in [3.05, 3.63) is 68.3 Å². The molecule has 2 heterocycles. The van der Waals surface area contributed by atoms with Gasteiger partial charge in [0, 0.05) is 17.8 Å². The molecule has 0 bridgehead atoms. The number of benzene rings is 1. The van der Waals surface area contributed by atoms with Crippen molar-refractivity contribution in [3.8, 4) is 5.75 Å². The maximum atomic E-state index is 12.1. The van der Waals surface area contributed by atoms with Gasteiger partial charge in [0.15, 0.2) is 0 Å². The zero-order chi connectivity index (χ0) is 16.8. The molecule has 2 aromatic heterocycles. The average molecular weight is 342 g/mol. The minimum absolute atomic E-state index is 0.203. The lowest BCUT2D eigenvalue weighted by Gasteiger charge is -2.06. The van der Waals surface area contributed by atoms with E-state index in [2.05, 4.69) is 20.5 Å². The molecule has 0 fully saturated rings. The highest BCUT2D eigenvalue weighted by molar-refractivity contribution is 7.09. The molecule has 6 nitrogen and oxygen atoms in total. The predicted octanol–water partition coefficient (Wildman–Crippen LogP) is 2.48. The first-order valence-electron chi connectivity index (χ1n) is 7.59. The average Bonchev–Trinajstić information content (AvgIpc) is 3.11. The van der Waals surface area contributed by atoms with Crippen LogP contribution in [0.4, 0.5) is 5.95 Å². The molecule has 0 saturated carbocycles.